The van der Waals surface area contributed by atoms with Crippen LogP contribution in [0.15, 0.2) is 22.7 Å². The Hall–Kier alpha value is -0.870. The van der Waals surface area contributed by atoms with Crippen molar-refractivity contribution in [1.29, 1.82) is 0 Å². The van der Waals surface area contributed by atoms with Gasteiger partial charge in [-0.3, -0.25) is 4.79 Å². The quantitative estimate of drug-likeness (QED) is 0.784. The van der Waals surface area contributed by atoms with Crippen molar-refractivity contribution in [2.45, 2.75) is 19.4 Å². The van der Waals surface area contributed by atoms with Crippen LogP contribution in [0.2, 0.25) is 0 Å². The monoisotopic (exact) mass is 268 g/mol. The van der Waals surface area contributed by atoms with Crippen molar-refractivity contribution in [1.82, 2.24) is 0 Å². The lowest BCUT2D eigenvalue weighted by Crippen LogP contribution is -2.36. The van der Waals surface area contributed by atoms with E-state index in [1.165, 1.54) is 0 Å². The number of halogens is 1. The summed E-state index contributed by atoms with van der Waals surface area (Å²) in [4.78, 5) is 13.2. The third kappa shape index (κ3) is 1.92. The van der Waals surface area contributed by atoms with Gasteiger partial charge >= 0.3 is 0 Å². The summed E-state index contributed by atoms with van der Waals surface area (Å²) in [7, 11) is 0. The molecule has 1 aromatic rings. The molecule has 1 heterocycles. The van der Waals surface area contributed by atoms with Gasteiger partial charge in [0.25, 0.3) is 0 Å². The molecule has 1 aromatic carbocycles. The first-order valence-corrected chi connectivity index (χ1v) is 5.72. The SMILES string of the molecule is CC(=O)N1CC[C@@H](N)c2cc(Br)ccc21. The highest BCUT2D eigenvalue weighted by Crippen LogP contribution is 2.34. The van der Waals surface area contributed by atoms with Crippen LogP contribution < -0.4 is 10.6 Å². The maximum absolute atomic E-state index is 11.4. The molecule has 0 saturated carbocycles. The van der Waals surface area contributed by atoms with Gasteiger partial charge in [0, 0.05) is 29.7 Å². The number of rotatable bonds is 0. The van der Waals surface area contributed by atoms with Gasteiger partial charge in [-0.05, 0) is 30.2 Å². The first-order valence-electron chi connectivity index (χ1n) is 4.92. The average Bonchev–Trinajstić information content (AvgIpc) is 2.19. The number of carbonyl (C=O) groups excluding carboxylic acids is 1. The van der Waals surface area contributed by atoms with Crippen LogP contribution in [0.3, 0.4) is 0 Å². The summed E-state index contributed by atoms with van der Waals surface area (Å²) >= 11 is 3.42. The zero-order valence-corrected chi connectivity index (χ0v) is 10.1. The van der Waals surface area contributed by atoms with E-state index in [9.17, 15) is 4.79 Å². The smallest absolute Gasteiger partial charge is 0.223 e. The molecule has 0 spiro atoms. The molecule has 1 amide bonds. The van der Waals surface area contributed by atoms with Crippen molar-refractivity contribution in [3.8, 4) is 0 Å². The molecule has 2 N–H and O–H groups in total. The van der Waals surface area contributed by atoms with E-state index in [-0.39, 0.29) is 11.9 Å². The van der Waals surface area contributed by atoms with E-state index in [1.54, 1.807) is 11.8 Å². The molecule has 80 valence electrons. The van der Waals surface area contributed by atoms with Crippen molar-refractivity contribution in [3.63, 3.8) is 0 Å². The first kappa shape index (κ1) is 10.6. The number of carbonyl (C=O) groups is 1. The van der Waals surface area contributed by atoms with Crippen LogP contribution in [0.1, 0.15) is 24.9 Å². The Morgan fingerprint density at radius 2 is 2.33 bits per heavy atom. The fraction of sp³-hybridized carbons (Fsp3) is 0.364. The Bertz CT molecular complexity index is 406. The Morgan fingerprint density at radius 3 is 3.00 bits per heavy atom. The summed E-state index contributed by atoms with van der Waals surface area (Å²) < 4.78 is 1.00. The molecular weight excluding hydrogens is 256 g/mol. The van der Waals surface area contributed by atoms with Crippen LogP contribution >= 0.6 is 15.9 Å². The maximum atomic E-state index is 11.4. The third-order valence-corrected chi connectivity index (χ3v) is 3.22. The van der Waals surface area contributed by atoms with Crippen LogP contribution in [-0.2, 0) is 4.79 Å². The lowest BCUT2D eigenvalue weighted by molar-refractivity contribution is -0.116. The van der Waals surface area contributed by atoms with Crippen LogP contribution in [-0.4, -0.2) is 12.5 Å². The number of fused-ring (bicyclic) bond motifs is 1. The summed E-state index contributed by atoms with van der Waals surface area (Å²) in [6.45, 7) is 2.30. The largest absolute Gasteiger partial charge is 0.324 e. The van der Waals surface area contributed by atoms with E-state index < -0.39 is 0 Å². The van der Waals surface area contributed by atoms with Gasteiger partial charge in [-0.1, -0.05) is 15.9 Å². The van der Waals surface area contributed by atoms with Gasteiger partial charge in [-0.2, -0.15) is 0 Å². The molecule has 4 heteroatoms. The van der Waals surface area contributed by atoms with E-state index in [0.717, 1.165) is 22.1 Å². The summed E-state index contributed by atoms with van der Waals surface area (Å²) in [5.41, 5.74) is 8.01. The molecule has 3 nitrogen and oxygen atoms in total. The highest BCUT2D eigenvalue weighted by molar-refractivity contribution is 9.10. The number of hydrogen-bond donors (Lipinski definition) is 1. The summed E-state index contributed by atoms with van der Waals surface area (Å²) in [5.74, 6) is 0.0745. The molecule has 0 fully saturated rings. The minimum atomic E-state index is 0.0353. The zero-order chi connectivity index (χ0) is 11.0. The first-order chi connectivity index (χ1) is 7.09. The maximum Gasteiger partial charge on any atom is 0.223 e. The van der Waals surface area contributed by atoms with Gasteiger partial charge in [-0.25, -0.2) is 0 Å². The fourth-order valence-electron chi connectivity index (χ4n) is 1.94. The molecule has 15 heavy (non-hydrogen) atoms. The van der Waals surface area contributed by atoms with Crippen LogP contribution in [0.5, 0.6) is 0 Å². The highest BCUT2D eigenvalue weighted by Gasteiger charge is 2.24. The molecular formula is C11H13BrN2O. The number of hydrogen-bond acceptors (Lipinski definition) is 2. The van der Waals surface area contributed by atoms with Gasteiger partial charge in [0.2, 0.25) is 5.91 Å². The van der Waals surface area contributed by atoms with Crippen LogP contribution in [0, 0.1) is 0 Å². The van der Waals surface area contributed by atoms with E-state index >= 15 is 0 Å². The predicted octanol–water partition coefficient (Wildman–Crippen LogP) is 2.21. The van der Waals surface area contributed by atoms with E-state index in [4.69, 9.17) is 5.73 Å². The second kappa shape index (κ2) is 3.94. The van der Waals surface area contributed by atoms with Gasteiger partial charge in [0.15, 0.2) is 0 Å². The number of nitrogens with zero attached hydrogens (tertiary/aromatic N) is 1. The molecule has 1 aliphatic rings. The normalized spacial score (nSPS) is 19.9. The Morgan fingerprint density at radius 1 is 1.60 bits per heavy atom. The van der Waals surface area contributed by atoms with Gasteiger partial charge in [0.1, 0.15) is 0 Å². The van der Waals surface area contributed by atoms with Crippen molar-refractivity contribution in [2.24, 2.45) is 5.73 Å². The van der Waals surface area contributed by atoms with E-state index in [2.05, 4.69) is 15.9 Å². The van der Waals surface area contributed by atoms with Crippen molar-refractivity contribution >= 4 is 27.5 Å². The van der Waals surface area contributed by atoms with E-state index in [0.29, 0.717) is 6.54 Å². The number of benzene rings is 1. The second-order valence-electron chi connectivity index (χ2n) is 3.77. The topological polar surface area (TPSA) is 46.3 Å². The fourth-order valence-corrected chi connectivity index (χ4v) is 2.32. The molecule has 0 saturated heterocycles. The number of amides is 1. The lowest BCUT2D eigenvalue weighted by atomic mass is 9.97. The standard InChI is InChI=1S/C11H13BrN2O/c1-7(15)14-5-4-10(13)9-6-8(12)2-3-11(9)14/h2-3,6,10H,4-5,13H2,1H3/t10-/m1/s1. The predicted molar refractivity (Wildman–Crippen MR) is 63.7 cm³/mol. The molecule has 0 unspecified atom stereocenters. The summed E-state index contributed by atoms with van der Waals surface area (Å²) in [6, 6.07) is 5.91. The van der Waals surface area contributed by atoms with Crippen LogP contribution in [0.25, 0.3) is 0 Å². The number of anilines is 1. The van der Waals surface area contributed by atoms with Crippen molar-refractivity contribution in [2.75, 3.05) is 11.4 Å². The molecule has 1 atom stereocenters. The van der Waals surface area contributed by atoms with Gasteiger partial charge in [0.05, 0.1) is 0 Å². The van der Waals surface area contributed by atoms with E-state index in [1.807, 2.05) is 18.2 Å². The minimum Gasteiger partial charge on any atom is -0.324 e. The van der Waals surface area contributed by atoms with Crippen LogP contribution in [0.4, 0.5) is 5.69 Å². The van der Waals surface area contributed by atoms with Crippen molar-refractivity contribution in [3.05, 3.63) is 28.2 Å². The molecule has 1 aliphatic heterocycles. The lowest BCUT2D eigenvalue weighted by Gasteiger charge is -2.32. The molecule has 0 aromatic heterocycles. The molecule has 2 rings (SSSR count). The molecule has 0 bridgehead atoms. The average molecular weight is 269 g/mol. The Kier molecular flexibility index (Phi) is 2.80. The molecule has 0 aliphatic carbocycles. The minimum absolute atomic E-state index is 0.0353. The number of nitrogens with two attached hydrogens (primary N) is 1. The van der Waals surface area contributed by atoms with Gasteiger partial charge < -0.3 is 10.6 Å². The van der Waals surface area contributed by atoms with Gasteiger partial charge in [-0.15, -0.1) is 0 Å². The second-order valence-corrected chi connectivity index (χ2v) is 4.68. The summed E-state index contributed by atoms with van der Waals surface area (Å²) in [5, 5.41) is 0. The highest BCUT2D eigenvalue weighted by atomic mass is 79.9. The van der Waals surface area contributed by atoms with Crippen molar-refractivity contribution < 1.29 is 4.79 Å². The zero-order valence-electron chi connectivity index (χ0n) is 8.53. The molecule has 0 radical (unpaired) electrons. The summed E-state index contributed by atoms with van der Waals surface area (Å²) in [6.07, 6.45) is 0.822. The Balaban J connectivity index is 2.50. The third-order valence-electron chi connectivity index (χ3n) is 2.72. The Labute approximate surface area is 97.4 Å².